The van der Waals surface area contributed by atoms with Crippen LogP contribution in [0.3, 0.4) is 0 Å². The van der Waals surface area contributed by atoms with Crippen molar-refractivity contribution in [2.24, 2.45) is 0 Å². The van der Waals surface area contributed by atoms with Gasteiger partial charge < -0.3 is 24.5 Å². The summed E-state index contributed by atoms with van der Waals surface area (Å²) in [4.78, 5) is 36.9. The maximum Gasteiger partial charge on any atom is 0.384 e. The van der Waals surface area contributed by atoms with E-state index in [0.717, 1.165) is 5.56 Å². The summed E-state index contributed by atoms with van der Waals surface area (Å²) in [5.41, 5.74) is 0.674. The standard InChI is InChI=1S/C21H23N5O5/c1-13-16(30-2)11-14(12-17(13)31-3)20(27)25-9-7-24(8-10-25)19-15-5-4-6-22-18(15)26(29)21(28)23-19/h4-6,11-12,29H,7-10H2,1-3H3. The van der Waals surface area contributed by atoms with Gasteiger partial charge in [0.25, 0.3) is 5.91 Å². The van der Waals surface area contributed by atoms with Crippen LogP contribution in [-0.4, -0.2) is 71.1 Å². The number of carbonyl (C=O) groups is 1. The van der Waals surface area contributed by atoms with E-state index in [9.17, 15) is 14.8 Å². The number of pyridine rings is 1. The highest BCUT2D eigenvalue weighted by Gasteiger charge is 2.26. The highest BCUT2D eigenvalue weighted by atomic mass is 16.5. The summed E-state index contributed by atoms with van der Waals surface area (Å²) in [6, 6.07) is 6.90. The summed E-state index contributed by atoms with van der Waals surface area (Å²) < 4.78 is 11.2. The Morgan fingerprint density at radius 3 is 2.35 bits per heavy atom. The Labute approximate surface area is 178 Å². The Morgan fingerprint density at radius 1 is 1.10 bits per heavy atom. The molecule has 10 heteroatoms. The summed E-state index contributed by atoms with van der Waals surface area (Å²) in [5, 5.41) is 10.5. The van der Waals surface area contributed by atoms with E-state index in [4.69, 9.17) is 9.47 Å². The molecule has 4 rings (SSSR count). The van der Waals surface area contributed by atoms with E-state index in [1.54, 1.807) is 43.4 Å². The van der Waals surface area contributed by atoms with E-state index in [2.05, 4.69) is 9.97 Å². The molecule has 162 valence electrons. The van der Waals surface area contributed by atoms with Crippen LogP contribution in [0, 0.1) is 6.92 Å². The lowest BCUT2D eigenvalue weighted by molar-refractivity contribution is 0.0746. The molecule has 1 aromatic carbocycles. The number of fused-ring (bicyclic) bond motifs is 1. The molecule has 0 saturated carbocycles. The van der Waals surface area contributed by atoms with Crippen LogP contribution in [0.5, 0.6) is 11.5 Å². The number of anilines is 1. The molecule has 2 aromatic heterocycles. The van der Waals surface area contributed by atoms with Gasteiger partial charge in [-0.25, -0.2) is 9.78 Å². The summed E-state index contributed by atoms with van der Waals surface area (Å²) in [6.07, 6.45) is 1.50. The lowest BCUT2D eigenvalue weighted by atomic mass is 10.1. The Kier molecular flexibility index (Phi) is 5.37. The number of methoxy groups -OCH3 is 2. The summed E-state index contributed by atoms with van der Waals surface area (Å²) in [6.45, 7) is 3.73. The van der Waals surface area contributed by atoms with Crippen LogP contribution in [0.4, 0.5) is 5.82 Å². The average Bonchev–Trinajstić information content (AvgIpc) is 2.81. The van der Waals surface area contributed by atoms with Crippen molar-refractivity contribution in [1.29, 1.82) is 0 Å². The average molecular weight is 425 g/mol. The number of hydrogen-bond acceptors (Lipinski definition) is 8. The zero-order chi connectivity index (χ0) is 22.1. The van der Waals surface area contributed by atoms with Crippen LogP contribution < -0.4 is 20.1 Å². The number of ether oxygens (including phenoxy) is 2. The SMILES string of the molecule is COc1cc(C(=O)N2CCN(c3nc(=O)n(O)c4ncccc34)CC2)cc(OC)c1C. The fourth-order valence-corrected chi connectivity index (χ4v) is 3.78. The molecule has 0 bridgehead atoms. The van der Waals surface area contributed by atoms with Gasteiger partial charge in [0.15, 0.2) is 5.65 Å². The number of rotatable bonds is 4. The lowest BCUT2D eigenvalue weighted by Gasteiger charge is -2.35. The predicted octanol–water partition coefficient (Wildman–Crippen LogP) is 1.32. The number of nitrogens with zero attached hydrogens (tertiary/aromatic N) is 5. The maximum absolute atomic E-state index is 13.1. The first-order valence-corrected chi connectivity index (χ1v) is 9.78. The van der Waals surface area contributed by atoms with Crippen LogP contribution in [-0.2, 0) is 0 Å². The van der Waals surface area contributed by atoms with Gasteiger partial charge in [0.05, 0.1) is 19.6 Å². The third kappa shape index (κ3) is 3.60. The Morgan fingerprint density at radius 2 is 1.74 bits per heavy atom. The van der Waals surface area contributed by atoms with E-state index in [1.165, 1.54) is 6.20 Å². The monoisotopic (exact) mass is 425 g/mol. The highest BCUT2D eigenvalue weighted by molar-refractivity contribution is 5.95. The number of piperazine rings is 1. The molecule has 10 nitrogen and oxygen atoms in total. The summed E-state index contributed by atoms with van der Waals surface area (Å²) in [7, 11) is 3.11. The first-order valence-electron chi connectivity index (χ1n) is 9.78. The molecule has 1 saturated heterocycles. The third-order valence-corrected chi connectivity index (χ3v) is 5.48. The molecule has 0 spiro atoms. The number of hydrogen-bond donors (Lipinski definition) is 1. The molecule has 0 aliphatic carbocycles. The minimum atomic E-state index is -0.793. The molecule has 0 unspecified atom stereocenters. The zero-order valence-electron chi connectivity index (χ0n) is 17.5. The molecule has 31 heavy (non-hydrogen) atoms. The molecule has 1 aliphatic rings. The molecule has 0 radical (unpaired) electrons. The van der Waals surface area contributed by atoms with Gasteiger partial charge in [0.1, 0.15) is 17.3 Å². The van der Waals surface area contributed by atoms with Gasteiger partial charge in [-0.1, -0.05) is 0 Å². The minimum Gasteiger partial charge on any atom is -0.496 e. The van der Waals surface area contributed by atoms with Crippen LogP contribution in [0.2, 0.25) is 0 Å². The summed E-state index contributed by atoms with van der Waals surface area (Å²) >= 11 is 0. The molecule has 1 fully saturated rings. The predicted molar refractivity (Wildman–Crippen MR) is 113 cm³/mol. The van der Waals surface area contributed by atoms with Crippen molar-refractivity contribution < 1.29 is 19.5 Å². The Bertz CT molecular complexity index is 1180. The molecule has 1 aliphatic heterocycles. The van der Waals surface area contributed by atoms with E-state index in [-0.39, 0.29) is 11.6 Å². The van der Waals surface area contributed by atoms with E-state index < -0.39 is 5.69 Å². The van der Waals surface area contributed by atoms with Crippen molar-refractivity contribution in [3.63, 3.8) is 0 Å². The normalized spacial score (nSPS) is 14.0. The maximum atomic E-state index is 13.1. The van der Waals surface area contributed by atoms with Crippen molar-refractivity contribution >= 4 is 22.8 Å². The topological polar surface area (TPSA) is 110 Å². The molecule has 1 N–H and O–H groups in total. The first kappa shape index (κ1) is 20.5. The van der Waals surface area contributed by atoms with E-state index in [0.29, 0.717) is 59.2 Å². The minimum absolute atomic E-state index is 0.124. The van der Waals surface area contributed by atoms with Crippen molar-refractivity contribution in [2.75, 3.05) is 45.3 Å². The van der Waals surface area contributed by atoms with Gasteiger partial charge in [-0.05, 0) is 31.2 Å². The van der Waals surface area contributed by atoms with Gasteiger partial charge in [0, 0.05) is 43.5 Å². The first-order chi connectivity index (χ1) is 14.9. The fraction of sp³-hybridized carbons (Fsp3) is 0.333. The summed E-state index contributed by atoms with van der Waals surface area (Å²) in [5.74, 6) is 1.51. The number of carbonyl (C=O) groups excluding carboxylic acids is 1. The van der Waals surface area contributed by atoms with Crippen LogP contribution in [0.1, 0.15) is 15.9 Å². The van der Waals surface area contributed by atoms with Gasteiger partial charge in [-0.15, -0.1) is 4.73 Å². The Hall–Kier alpha value is -3.82. The second-order valence-corrected chi connectivity index (χ2v) is 7.19. The second-order valence-electron chi connectivity index (χ2n) is 7.19. The molecule has 0 atom stereocenters. The van der Waals surface area contributed by atoms with E-state index >= 15 is 0 Å². The third-order valence-electron chi connectivity index (χ3n) is 5.48. The van der Waals surface area contributed by atoms with Crippen molar-refractivity contribution in [2.45, 2.75) is 6.92 Å². The lowest BCUT2D eigenvalue weighted by Crippen LogP contribution is -2.49. The Balaban J connectivity index is 1.56. The highest BCUT2D eigenvalue weighted by Crippen LogP contribution is 2.30. The number of aromatic nitrogens is 3. The van der Waals surface area contributed by atoms with Crippen LogP contribution in [0.25, 0.3) is 11.0 Å². The molecule has 3 heterocycles. The van der Waals surface area contributed by atoms with Crippen molar-refractivity contribution in [3.05, 3.63) is 52.1 Å². The second kappa shape index (κ2) is 8.13. The molecular formula is C21H23N5O5. The van der Waals surface area contributed by atoms with Crippen molar-refractivity contribution in [3.8, 4) is 11.5 Å². The van der Waals surface area contributed by atoms with Gasteiger partial charge in [-0.3, -0.25) is 4.79 Å². The number of amides is 1. The molecule has 1 amide bonds. The largest absolute Gasteiger partial charge is 0.496 e. The van der Waals surface area contributed by atoms with Gasteiger partial charge >= 0.3 is 5.69 Å². The van der Waals surface area contributed by atoms with Gasteiger partial charge in [0.2, 0.25) is 0 Å². The molecule has 3 aromatic rings. The van der Waals surface area contributed by atoms with Crippen molar-refractivity contribution in [1.82, 2.24) is 19.6 Å². The number of benzene rings is 1. The van der Waals surface area contributed by atoms with Gasteiger partial charge in [-0.2, -0.15) is 4.98 Å². The smallest absolute Gasteiger partial charge is 0.384 e. The fourth-order valence-electron chi connectivity index (χ4n) is 3.78. The van der Waals surface area contributed by atoms with Crippen LogP contribution >= 0.6 is 0 Å². The quantitative estimate of drug-likeness (QED) is 0.623. The van der Waals surface area contributed by atoms with Crippen LogP contribution in [0.15, 0.2) is 35.3 Å². The van der Waals surface area contributed by atoms with E-state index in [1.807, 2.05) is 11.8 Å². The molecular weight excluding hydrogens is 402 g/mol. The zero-order valence-corrected chi connectivity index (χ0v) is 17.5.